The lowest BCUT2D eigenvalue weighted by molar-refractivity contribution is -0.166. The third-order valence-corrected chi connectivity index (χ3v) is 4.56. The molecule has 0 bridgehead atoms. The first-order valence-corrected chi connectivity index (χ1v) is 9.22. The molecule has 156 valence electrons. The van der Waals surface area contributed by atoms with E-state index in [1.807, 2.05) is 0 Å². The smallest absolute Gasteiger partial charge is 0.303 e. The first-order chi connectivity index (χ1) is 13.7. The zero-order valence-electron chi connectivity index (χ0n) is 15.6. The standard InChI is InChI=1S/C16H17BrN4O8/c1-7(22)26-5-11-12(27-8(2)23)13(28-9(3)24)15(29-11)20-6-19-21-14(25)10(17)4-18-16(20)21/h4,6,11-13,15H,5H2,1-3H3/t11-,12-,13-,15-/m1/s1. The van der Waals surface area contributed by atoms with Crippen LogP contribution in [0.1, 0.15) is 27.0 Å². The molecule has 0 amide bonds. The lowest BCUT2D eigenvalue weighted by Crippen LogP contribution is -2.40. The summed E-state index contributed by atoms with van der Waals surface area (Å²) in [4.78, 5) is 50.8. The van der Waals surface area contributed by atoms with E-state index >= 15 is 0 Å². The molecule has 1 fully saturated rings. The Hall–Kier alpha value is -2.80. The third-order valence-electron chi connectivity index (χ3n) is 4.02. The molecule has 0 N–H and O–H groups in total. The van der Waals surface area contributed by atoms with Crippen molar-refractivity contribution >= 4 is 39.6 Å². The molecule has 13 heteroatoms. The fraction of sp³-hybridized carbons (Fsp3) is 0.500. The Morgan fingerprint density at radius 2 is 1.79 bits per heavy atom. The average molecular weight is 473 g/mol. The summed E-state index contributed by atoms with van der Waals surface area (Å²) in [6.45, 7) is 3.35. The third kappa shape index (κ3) is 4.29. The molecule has 0 radical (unpaired) electrons. The van der Waals surface area contributed by atoms with E-state index < -0.39 is 48.0 Å². The maximum Gasteiger partial charge on any atom is 0.303 e. The largest absolute Gasteiger partial charge is 0.463 e. The van der Waals surface area contributed by atoms with Crippen molar-refractivity contribution in [3.63, 3.8) is 0 Å². The number of hydrogen-bond donors (Lipinski definition) is 0. The van der Waals surface area contributed by atoms with E-state index in [1.54, 1.807) is 0 Å². The van der Waals surface area contributed by atoms with Crippen LogP contribution in [-0.4, -0.2) is 62.0 Å². The van der Waals surface area contributed by atoms with Gasteiger partial charge in [-0.05, 0) is 15.9 Å². The molecule has 1 saturated heterocycles. The Bertz CT molecular complexity index is 1020. The minimum atomic E-state index is -1.10. The van der Waals surface area contributed by atoms with Gasteiger partial charge >= 0.3 is 17.9 Å². The molecule has 0 saturated carbocycles. The van der Waals surface area contributed by atoms with Crippen molar-refractivity contribution < 1.29 is 33.3 Å². The van der Waals surface area contributed by atoms with Gasteiger partial charge in [0.15, 0.2) is 18.4 Å². The maximum absolute atomic E-state index is 12.2. The average Bonchev–Trinajstić information content (AvgIpc) is 3.18. The van der Waals surface area contributed by atoms with Crippen molar-refractivity contribution in [1.29, 1.82) is 0 Å². The lowest BCUT2D eigenvalue weighted by atomic mass is 10.1. The van der Waals surface area contributed by atoms with Gasteiger partial charge in [-0.15, -0.1) is 0 Å². The SMILES string of the molecule is CC(=O)OC[C@H]1O[C@@H](n2cnn3c(=O)c(Br)cnc23)[C@H](OC(C)=O)[C@@H]1OC(C)=O. The minimum absolute atomic E-state index is 0.107. The van der Waals surface area contributed by atoms with Crippen molar-refractivity contribution in [2.24, 2.45) is 0 Å². The van der Waals surface area contributed by atoms with Crippen LogP contribution in [0.4, 0.5) is 0 Å². The van der Waals surface area contributed by atoms with E-state index in [1.165, 1.54) is 37.9 Å². The number of esters is 3. The fourth-order valence-electron chi connectivity index (χ4n) is 2.95. The Labute approximate surface area is 171 Å². The Morgan fingerprint density at radius 1 is 1.14 bits per heavy atom. The van der Waals surface area contributed by atoms with Crippen LogP contribution in [0.25, 0.3) is 5.78 Å². The molecule has 12 nitrogen and oxygen atoms in total. The minimum Gasteiger partial charge on any atom is -0.463 e. The van der Waals surface area contributed by atoms with Crippen LogP contribution in [0.5, 0.6) is 0 Å². The van der Waals surface area contributed by atoms with Crippen molar-refractivity contribution in [1.82, 2.24) is 19.2 Å². The Kier molecular flexibility index (Phi) is 5.98. The van der Waals surface area contributed by atoms with Crippen molar-refractivity contribution in [3.8, 4) is 0 Å². The summed E-state index contributed by atoms with van der Waals surface area (Å²) in [5, 5.41) is 3.98. The van der Waals surface area contributed by atoms with E-state index in [9.17, 15) is 19.2 Å². The number of halogens is 1. The van der Waals surface area contributed by atoms with E-state index in [-0.39, 0.29) is 16.9 Å². The van der Waals surface area contributed by atoms with Gasteiger partial charge in [0.2, 0.25) is 5.78 Å². The summed E-state index contributed by atoms with van der Waals surface area (Å²) in [5.41, 5.74) is -0.455. The second-order valence-electron chi connectivity index (χ2n) is 6.18. The van der Waals surface area contributed by atoms with Crippen LogP contribution >= 0.6 is 15.9 Å². The van der Waals surface area contributed by atoms with Gasteiger partial charge in [0.05, 0.1) is 6.20 Å². The van der Waals surface area contributed by atoms with Crippen molar-refractivity contribution in [3.05, 3.63) is 27.4 Å². The monoisotopic (exact) mass is 472 g/mol. The molecule has 3 heterocycles. The Morgan fingerprint density at radius 3 is 2.41 bits per heavy atom. The van der Waals surface area contributed by atoms with Gasteiger partial charge in [-0.25, -0.2) is 4.98 Å². The molecule has 29 heavy (non-hydrogen) atoms. The molecule has 2 aromatic rings. The van der Waals surface area contributed by atoms with Gasteiger partial charge in [0.25, 0.3) is 5.56 Å². The molecule has 0 aromatic carbocycles. The number of aromatic nitrogens is 4. The first kappa shape index (κ1) is 20.9. The highest BCUT2D eigenvalue weighted by atomic mass is 79.9. The number of ether oxygens (including phenoxy) is 4. The highest BCUT2D eigenvalue weighted by molar-refractivity contribution is 9.10. The van der Waals surface area contributed by atoms with Crippen molar-refractivity contribution in [2.45, 2.75) is 45.3 Å². The summed E-state index contributed by atoms with van der Waals surface area (Å²) in [7, 11) is 0. The zero-order valence-corrected chi connectivity index (χ0v) is 17.2. The van der Waals surface area contributed by atoms with Crippen LogP contribution in [0.15, 0.2) is 21.8 Å². The molecule has 1 aliphatic rings. The fourth-order valence-corrected chi connectivity index (χ4v) is 3.22. The zero-order chi connectivity index (χ0) is 21.3. The van der Waals surface area contributed by atoms with Gasteiger partial charge in [0.1, 0.15) is 23.5 Å². The number of fused-ring (bicyclic) bond motifs is 1. The number of carbonyl (C=O) groups excluding carboxylic acids is 3. The van der Waals surface area contributed by atoms with Crippen LogP contribution in [0.3, 0.4) is 0 Å². The van der Waals surface area contributed by atoms with Gasteiger partial charge in [0, 0.05) is 20.8 Å². The molecule has 4 atom stereocenters. The van der Waals surface area contributed by atoms with Crippen LogP contribution < -0.4 is 5.56 Å². The molecule has 0 aliphatic carbocycles. The quantitative estimate of drug-likeness (QED) is 0.430. The summed E-state index contributed by atoms with van der Waals surface area (Å²) >= 11 is 3.08. The molecule has 0 spiro atoms. The highest BCUT2D eigenvalue weighted by Gasteiger charge is 2.51. The molecular weight excluding hydrogens is 456 g/mol. The first-order valence-electron chi connectivity index (χ1n) is 8.42. The molecule has 3 rings (SSSR count). The van der Waals surface area contributed by atoms with Crippen LogP contribution in [0.2, 0.25) is 0 Å². The van der Waals surface area contributed by atoms with Gasteiger partial charge < -0.3 is 18.9 Å². The second kappa shape index (κ2) is 8.29. The van der Waals surface area contributed by atoms with E-state index in [0.29, 0.717) is 0 Å². The van der Waals surface area contributed by atoms with Crippen LogP contribution in [-0.2, 0) is 33.3 Å². The maximum atomic E-state index is 12.2. The predicted molar refractivity (Wildman–Crippen MR) is 96.6 cm³/mol. The number of nitrogens with zero attached hydrogens (tertiary/aromatic N) is 4. The normalized spacial score (nSPS) is 23.7. The van der Waals surface area contributed by atoms with E-state index in [2.05, 4.69) is 26.0 Å². The van der Waals surface area contributed by atoms with Gasteiger partial charge in [-0.3, -0.25) is 23.7 Å². The summed E-state index contributed by atoms with van der Waals surface area (Å²) in [6, 6.07) is 0. The number of rotatable bonds is 5. The van der Waals surface area contributed by atoms with Crippen molar-refractivity contribution in [2.75, 3.05) is 6.61 Å². The summed E-state index contributed by atoms with van der Waals surface area (Å²) in [5.74, 6) is -1.74. The number of hydrogen-bond acceptors (Lipinski definition) is 10. The topological polar surface area (TPSA) is 140 Å². The summed E-state index contributed by atoms with van der Waals surface area (Å²) < 4.78 is 24.1. The highest BCUT2D eigenvalue weighted by Crippen LogP contribution is 2.35. The predicted octanol–water partition coefficient (Wildman–Crippen LogP) is -0.0226. The molecule has 0 unspecified atom stereocenters. The van der Waals surface area contributed by atoms with Gasteiger partial charge in [-0.1, -0.05) is 0 Å². The van der Waals surface area contributed by atoms with E-state index in [0.717, 1.165) is 4.52 Å². The lowest BCUT2D eigenvalue weighted by Gasteiger charge is -2.23. The number of carbonyl (C=O) groups is 3. The van der Waals surface area contributed by atoms with E-state index in [4.69, 9.17) is 18.9 Å². The summed E-state index contributed by atoms with van der Waals surface area (Å²) in [6.07, 6.45) is -1.57. The Balaban J connectivity index is 2.04. The molecule has 1 aliphatic heterocycles. The molecular formula is C16H17BrN4O8. The van der Waals surface area contributed by atoms with Gasteiger partial charge in [-0.2, -0.15) is 9.61 Å². The van der Waals surface area contributed by atoms with Crippen LogP contribution in [0, 0.1) is 0 Å². The second-order valence-corrected chi connectivity index (χ2v) is 7.03. The molecule has 2 aromatic heterocycles.